The van der Waals surface area contributed by atoms with E-state index >= 15 is 0 Å². The maximum Gasteiger partial charge on any atom is 0.254 e. The lowest BCUT2D eigenvalue weighted by molar-refractivity contribution is 0.0715. The van der Waals surface area contributed by atoms with E-state index in [0.29, 0.717) is 23.2 Å². The first-order valence-electron chi connectivity index (χ1n) is 9.81. The third-order valence-corrected chi connectivity index (χ3v) is 6.17. The van der Waals surface area contributed by atoms with Crippen LogP contribution in [-0.4, -0.2) is 34.9 Å². The molecule has 2 aromatic carbocycles. The molecule has 3 aromatic rings. The molecule has 1 atom stereocenters. The summed E-state index contributed by atoms with van der Waals surface area (Å²) in [5.41, 5.74) is 9.71. The Bertz CT molecular complexity index is 980. The summed E-state index contributed by atoms with van der Waals surface area (Å²) in [5.74, 6) is 0.595. The highest BCUT2D eigenvalue weighted by Crippen LogP contribution is 2.26. The van der Waals surface area contributed by atoms with Crippen LogP contribution in [0, 0.1) is 0 Å². The van der Waals surface area contributed by atoms with Gasteiger partial charge in [-0.3, -0.25) is 4.79 Å². The van der Waals surface area contributed by atoms with E-state index in [4.69, 9.17) is 5.73 Å². The Morgan fingerprint density at radius 3 is 2.79 bits per heavy atom. The van der Waals surface area contributed by atoms with E-state index in [2.05, 4.69) is 48.4 Å². The molecule has 1 amide bonds. The maximum atomic E-state index is 13.0. The normalized spacial score (nSPS) is 17.2. The summed E-state index contributed by atoms with van der Waals surface area (Å²) in [6.45, 7) is 5.90. The van der Waals surface area contributed by atoms with Crippen molar-refractivity contribution in [3.05, 3.63) is 53.6 Å². The zero-order valence-corrected chi connectivity index (χ0v) is 17.1. The molecular formula is C22H26N4OS. The molecule has 1 aliphatic rings. The Balaban J connectivity index is 1.44. The lowest BCUT2D eigenvalue weighted by atomic mass is 10.0. The lowest BCUT2D eigenvalue weighted by Gasteiger charge is -2.34. The largest absolute Gasteiger partial charge is 0.381 e. The van der Waals surface area contributed by atoms with Crippen LogP contribution in [0.4, 0.5) is 10.8 Å². The molecule has 28 heavy (non-hydrogen) atoms. The lowest BCUT2D eigenvalue weighted by Crippen LogP contribution is -2.45. The molecule has 3 N–H and O–H groups in total. The summed E-state index contributed by atoms with van der Waals surface area (Å²) in [4.78, 5) is 19.3. The van der Waals surface area contributed by atoms with Crippen molar-refractivity contribution in [2.75, 3.05) is 24.1 Å². The van der Waals surface area contributed by atoms with Crippen molar-refractivity contribution in [3.63, 3.8) is 0 Å². The van der Waals surface area contributed by atoms with Crippen LogP contribution >= 0.6 is 11.3 Å². The monoisotopic (exact) mass is 394 g/mol. The second kappa shape index (κ2) is 7.80. The van der Waals surface area contributed by atoms with E-state index < -0.39 is 0 Å². The summed E-state index contributed by atoms with van der Waals surface area (Å²) >= 11 is 1.44. The predicted octanol–water partition coefficient (Wildman–Crippen LogP) is 4.72. The predicted molar refractivity (Wildman–Crippen MR) is 117 cm³/mol. The van der Waals surface area contributed by atoms with Gasteiger partial charge in [-0.1, -0.05) is 37.3 Å². The van der Waals surface area contributed by atoms with Gasteiger partial charge in [-0.15, -0.1) is 0 Å². The summed E-state index contributed by atoms with van der Waals surface area (Å²) in [6, 6.07) is 14.6. The molecular weight excluding hydrogens is 368 g/mol. The topological polar surface area (TPSA) is 71.2 Å². The van der Waals surface area contributed by atoms with E-state index in [1.807, 2.05) is 23.1 Å². The van der Waals surface area contributed by atoms with Gasteiger partial charge < -0.3 is 16.0 Å². The average Bonchev–Trinajstić information content (AvgIpc) is 3.07. The van der Waals surface area contributed by atoms with E-state index in [1.165, 1.54) is 16.9 Å². The summed E-state index contributed by atoms with van der Waals surface area (Å²) in [7, 11) is 0. The fourth-order valence-electron chi connectivity index (χ4n) is 3.74. The molecule has 1 aromatic heterocycles. The molecule has 0 saturated carbocycles. The number of fused-ring (bicyclic) bond motifs is 1. The quantitative estimate of drug-likeness (QED) is 0.672. The number of nitrogens with zero attached hydrogens (tertiary/aromatic N) is 2. The average molecular weight is 395 g/mol. The molecule has 1 fully saturated rings. The van der Waals surface area contributed by atoms with Gasteiger partial charge in [0, 0.05) is 30.4 Å². The second-order valence-electron chi connectivity index (χ2n) is 7.75. The highest BCUT2D eigenvalue weighted by Gasteiger charge is 2.25. The van der Waals surface area contributed by atoms with Gasteiger partial charge in [0.1, 0.15) is 0 Å². The molecule has 2 heterocycles. The van der Waals surface area contributed by atoms with Gasteiger partial charge in [0.25, 0.3) is 5.91 Å². The number of carbonyl (C=O) groups excluding carboxylic acids is 1. The Labute approximate surface area is 169 Å². The van der Waals surface area contributed by atoms with E-state index in [0.717, 1.165) is 35.3 Å². The third-order valence-electron chi connectivity index (χ3n) is 5.31. The fraction of sp³-hybridized carbons (Fsp3) is 0.364. The minimum Gasteiger partial charge on any atom is -0.381 e. The van der Waals surface area contributed by atoms with Crippen molar-refractivity contribution in [2.45, 2.75) is 38.6 Å². The Morgan fingerprint density at radius 1 is 1.25 bits per heavy atom. The van der Waals surface area contributed by atoms with E-state index in [-0.39, 0.29) is 11.9 Å². The summed E-state index contributed by atoms with van der Waals surface area (Å²) in [5, 5.41) is 4.13. The number of nitrogens with one attached hydrogen (secondary N) is 1. The van der Waals surface area contributed by atoms with Gasteiger partial charge in [0.05, 0.1) is 10.2 Å². The van der Waals surface area contributed by atoms with Gasteiger partial charge in [0.2, 0.25) is 0 Å². The minimum atomic E-state index is 0.0649. The van der Waals surface area contributed by atoms with Crippen molar-refractivity contribution in [3.8, 4) is 0 Å². The number of amides is 1. The van der Waals surface area contributed by atoms with Crippen LogP contribution in [0.25, 0.3) is 10.2 Å². The fourth-order valence-corrected chi connectivity index (χ4v) is 4.45. The number of aromatic nitrogens is 1. The molecule has 4 rings (SSSR count). The number of rotatable bonds is 4. The Kier molecular flexibility index (Phi) is 5.22. The van der Waals surface area contributed by atoms with Gasteiger partial charge in [0.15, 0.2) is 5.13 Å². The highest BCUT2D eigenvalue weighted by molar-refractivity contribution is 7.22. The standard InChI is InChI=1S/C22H26N4OS/c1-14(2)15-5-8-17(9-6-15)24-18-4-3-11-26(13-18)21(27)16-7-10-20-19(12-16)25-22(23)28-20/h5-10,12,14,18,24H,3-4,11,13H2,1-2H3,(H2,23,25). The van der Waals surface area contributed by atoms with E-state index in [1.54, 1.807) is 0 Å². The zero-order valence-electron chi connectivity index (χ0n) is 16.3. The van der Waals surface area contributed by atoms with Crippen molar-refractivity contribution in [1.82, 2.24) is 9.88 Å². The molecule has 1 unspecified atom stereocenters. The van der Waals surface area contributed by atoms with Crippen molar-refractivity contribution < 1.29 is 4.79 Å². The van der Waals surface area contributed by atoms with Crippen LogP contribution in [0.2, 0.25) is 0 Å². The molecule has 1 saturated heterocycles. The highest BCUT2D eigenvalue weighted by atomic mass is 32.1. The first-order chi connectivity index (χ1) is 13.5. The number of anilines is 2. The van der Waals surface area contributed by atoms with Crippen LogP contribution < -0.4 is 11.1 Å². The number of thiazole rings is 1. The first kappa shape index (κ1) is 18.7. The van der Waals surface area contributed by atoms with Crippen molar-refractivity contribution >= 4 is 38.3 Å². The summed E-state index contributed by atoms with van der Waals surface area (Å²) in [6.07, 6.45) is 2.07. The SMILES string of the molecule is CC(C)c1ccc(NC2CCCN(C(=O)c3ccc4sc(N)nc4c3)C2)cc1. The first-order valence-corrected chi connectivity index (χ1v) is 10.6. The molecule has 0 radical (unpaired) electrons. The molecule has 6 heteroatoms. The number of piperidine rings is 1. The maximum absolute atomic E-state index is 13.0. The van der Waals surface area contributed by atoms with Crippen LogP contribution in [-0.2, 0) is 0 Å². The molecule has 0 bridgehead atoms. The van der Waals surface area contributed by atoms with Gasteiger partial charge >= 0.3 is 0 Å². The van der Waals surface area contributed by atoms with Crippen LogP contribution in [0.3, 0.4) is 0 Å². The van der Waals surface area contributed by atoms with Crippen LogP contribution in [0.15, 0.2) is 42.5 Å². The molecule has 1 aliphatic heterocycles. The number of carbonyl (C=O) groups is 1. The molecule has 146 valence electrons. The number of hydrogen-bond acceptors (Lipinski definition) is 5. The van der Waals surface area contributed by atoms with Crippen LogP contribution in [0.5, 0.6) is 0 Å². The number of nitrogens with two attached hydrogens (primary N) is 1. The Morgan fingerprint density at radius 2 is 2.04 bits per heavy atom. The summed E-state index contributed by atoms with van der Waals surface area (Å²) < 4.78 is 1.01. The Hall–Kier alpha value is -2.60. The van der Waals surface area contributed by atoms with Crippen molar-refractivity contribution in [2.24, 2.45) is 0 Å². The second-order valence-corrected chi connectivity index (χ2v) is 8.81. The smallest absolute Gasteiger partial charge is 0.254 e. The van der Waals surface area contributed by atoms with Crippen LogP contribution in [0.1, 0.15) is 48.5 Å². The number of hydrogen-bond donors (Lipinski definition) is 2. The van der Waals surface area contributed by atoms with E-state index in [9.17, 15) is 4.79 Å². The zero-order chi connectivity index (χ0) is 19.7. The number of benzene rings is 2. The van der Waals surface area contributed by atoms with Gasteiger partial charge in [-0.05, 0) is 54.7 Å². The third kappa shape index (κ3) is 3.97. The minimum absolute atomic E-state index is 0.0649. The number of likely N-dealkylation sites (tertiary alicyclic amines) is 1. The van der Waals surface area contributed by atoms with Gasteiger partial charge in [-0.2, -0.15) is 0 Å². The number of nitrogen functional groups attached to an aromatic ring is 1. The molecule has 0 spiro atoms. The van der Waals surface area contributed by atoms with Gasteiger partial charge in [-0.25, -0.2) is 4.98 Å². The molecule has 5 nitrogen and oxygen atoms in total. The van der Waals surface area contributed by atoms with Crippen molar-refractivity contribution in [1.29, 1.82) is 0 Å². The molecule has 0 aliphatic carbocycles.